The average Bonchev–Trinajstić information content (AvgIpc) is 3.20. The number of aromatic nitrogens is 1. The van der Waals surface area contributed by atoms with Crippen molar-refractivity contribution < 1.29 is 19.1 Å². The van der Waals surface area contributed by atoms with Crippen molar-refractivity contribution in [1.82, 2.24) is 4.98 Å². The molecule has 3 rings (SSSR count). The predicted molar refractivity (Wildman–Crippen MR) is 103 cm³/mol. The average molecular weight is 382 g/mol. The number of carbonyl (C=O) groups is 2. The number of hydrogen-bond acceptors (Lipinski definition) is 7. The zero-order chi connectivity index (χ0) is 19.1. The summed E-state index contributed by atoms with van der Waals surface area (Å²) in [6.07, 6.45) is 0. The lowest BCUT2D eigenvalue weighted by molar-refractivity contribution is 0.0465. The Bertz CT molecular complexity index is 907. The molecule has 0 amide bonds. The molecule has 1 heterocycles. The Hall–Kier alpha value is -3.19. The van der Waals surface area contributed by atoms with Gasteiger partial charge >= 0.3 is 11.9 Å². The summed E-state index contributed by atoms with van der Waals surface area (Å²) in [6, 6.07) is 16.6. The summed E-state index contributed by atoms with van der Waals surface area (Å²) >= 11 is 1.35. The lowest BCUT2D eigenvalue weighted by Crippen LogP contribution is -2.07. The minimum Gasteiger partial charge on any atom is -0.465 e. The van der Waals surface area contributed by atoms with Crippen LogP contribution in [0, 0.1) is 0 Å². The highest BCUT2D eigenvalue weighted by Crippen LogP contribution is 2.18. The summed E-state index contributed by atoms with van der Waals surface area (Å²) in [5.74, 6) is -0.896. The lowest BCUT2D eigenvalue weighted by atomic mass is 10.1. The Balaban J connectivity index is 1.51. The van der Waals surface area contributed by atoms with Crippen LogP contribution in [-0.4, -0.2) is 24.0 Å². The molecule has 0 saturated carbocycles. The smallest absolute Gasteiger partial charge is 0.358 e. The summed E-state index contributed by atoms with van der Waals surface area (Å²) in [4.78, 5) is 27.8. The number of thiazole rings is 1. The zero-order valence-electron chi connectivity index (χ0n) is 14.7. The minimum atomic E-state index is -0.490. The van der Waals surface area contributed by atoms with Crippen LogP contribution in [0.25, 0.3) is 0 Å². The topological polar surface area (TPSA) is 77.5 Å². The third-order valence-corrected chi connectivity index (χ3v) is 4.54. The summed E-state index contributed by atoms with van der Waals surface area (Å²) in [7, 11) is 1.33. The molecule has 0 aliphatic carbocycles. The molecule has 27 heavy (non-hydrogen) atoms. The first-order valence-electron chi connectivity index (χ1n) is 8.23. The van der Waals surface area contributed by atoms with E-state index in [-0.39, 0.29) is 12.3 Å². The van der Waals surface area contributed by atoms with Crippen LogP contribution in [0.1, 0.15) is 32.0 Å². The molecule has 0 spiro atoms. The third-order valence-electron chi connectivity index (χ3n) is 3.74. The van der Waals surface area contributed by atoms with Crippen LogP contribution in [0.5, 0.6) is 0 Å². The number of esters is 2. The van der Waals surface area contributed by atoms with Crippen LogP contribution in [-0.2, 0) is 22.6 Å². The van der Waals surface area contributed by atoms with Gasteiger partial charge in [-0.2, -0.15) is 0 Å². The highest BCUT2D eigenvalue weighted by Gasteiger charge is 2.13. The van der Waals surface area contributed by atoms with Crippen LogP contribution in [0.3, 0.4) is 0 Å². The second kappa shape index (κ2) is 8.95. The molecular formula is C20H18N2O4S. The van der Waals surface area contributed by atoms with Gasteiger partial charge in [0.25, 0.3) is 0 Å². The maximum Gasteiger partial charge on any atom is 0.358 e. The van der Waals surface area contributed by atoms with Crippen molar-refractivity contribution in [2.75, 3.05) is 12.4 Å². The number of benzene rings is 2. The quantitative estimate of drug-likeness (QED) is 0.625. The van der Waals surface area contributed by atoms with E-state index in [4.69, 9.17) is 4.74 Å². The molecule has 0 aliphatic heterocycles. The summed E-state index contributed by atoms with van der Waals surface area (Å²) in [6.45, 7) is 0.736. The number of nitrogens with one attached hydrogen (secondary N) is 1. The number of rotatable bonds is 7. The normalized spacial score (nSPS) is 10.3. The van der Waals surface area contributed by atoms with Crippen molar-refractivity contribution in [3.63, 3.8) is 0 Å². The van der Waals surface area contributed by atoms with Gasteiger partial charge in [0.05, 0.1) is 12.7 Å². The van der Waals surface area contributed by atoms with Gasteiger partial charge in [-0.1, -0.05) is 42.5 Å². The molecule has 1 aromatic heterocycles. The molecule has 2 aromatic carbocycles. The van der Waals surface area contributed by atoms with Gasteiger partial charge in [-0.25, -0.2) is 14.6 Å². The van der Waals surface area contributed by atoms with Crippen molar-refractivity contribution in [2.24, 2.45) is 0 Å². The van der Waals surface area contributed by atoms with E-state index in [1.807, 2.05) is 30.3 Å². The molecule has 138 valence electrons. The van der Waals surface area contributed by atoms with Gasteiger partial charge < -0.3 is 14.8 Å². The number of ether oxygens (including phenoxy) is 2. The Morgan fingerprint density at radius 2 is 1.74 bits per heavy atom. The Labute approximate surface area is 160 Å². The van der Waals surface area contributed by atoms with E-state index in [0.717, 1.165) is 11.1 Å². The molecule has 0 bridgehead atoms. The van der Waals surface area contributed by atoms with Gasteiger partial charge in [0, 0.05) is 11.9 Å². The van der Waals surface area contributed by atoms with Gasteiger partial charge in [-0.05, 0) is 23.3 Å². The molecule has 1 N–H and O–H groups in total. The third kappa shape index (κ3) is 5.15. The molecular weight excluding hydrogens is 364 g/mol. The molecule has 6 nitrogen and oxygen atoms in total. The number of carbonyl (C=O) groups excluding carboxylic acids is 2. The van der Waals surface area contributed by atoms with Crippen LogP contribution in [0.2, 0.25) is 0 Å². The van der Waals surface area contributed by atoms with E-state index < -0.39 is 11.9 Å². The van der Waals surface area contributed by atoms with Crippen molar-refractivity contribution in [3.8, 4) is 0 Å². The van der Waals surface area contributed by atoms with E-state index in [1.165, 1.54) is 18.4 Å². The molecule has 0 unspecified atom stereocenters. The first-order chi connectivity index (χ1) is 13.2. The second-order valence-electron chi connectivity index (χ2n) is 5.64. The lowest BCUT2D eigenvalue weighted by Gasteiger charge is -2.04. The number of hydrogen-bond donors (Lipinski definition) is 1. The van der Waals surface area contributed by atoms with E-state index in [2.05, 4.69) is 15.0 Å². The van der Waals surface area contributed by atoms with Gasteiger partial charge in [-0.15, -0.1) is 11.3 Å². The van der Waals surface area contributed by atoms with Crippen LogP contribution in [0.15, 0.2) is 60.0 Å². The molecule has 3 aromatic rings. The molecule has 0 radical (unpaired) electrons. The number of methoxy groups -OCH3 is 1. The van der Waals surface area contributed by atoms with Gasteiger partial charge in [0.2, 0.25) is 0 Å². The standard InChI is InChI=1S/C20H18N2O4S/c1-25-18(23)16-9-7-15(8-10-16)12-26-19(24)17-13-27-20(22-17)21-11-14-5-3-2-4-6-14/h2-10,13H,11-12H2,1H3,(H,21,22). The molecule has 0 fully saturated rings. The van der Waals surface area contributed by atoms with E-state index in [9.17, 15) is 9.59 Å². The summed E-state index contributed by atoms with van der Waals surface area (Å²) < 4.78 is 9.92. The molecule has 0 atom stereocenters. The fraction of sp³-hybridized carbons (Fsp3) is 0.150. The highest BCUT2D eigenvalue weighted by atomic mass is 32.1. The van der Waals surface area contributed by atoms with Crippen molar-refractivity contribution >= 4 is 28.4 Å². The second-order valence-corrected chi connectivity index (χ2v) is 6.50. The van der Waals surface area contributed by atoms with Gasteiger partial charge in [-0.3, -0.25) is 0 Å². The van der Waals surface area contributed by atoms with Gasteiger partial charge in [0.15, 0.2) is 10.8 Å². The fourth-order valence-electron chi connectivity index (χ4n) is 2.30. The molecule has 7 heteroatoms. The maximum absolute atomic E-state index is 12.1. The Morgan fingerprint density at radius 3 is 2.44 bits per heavy atom. The monoisotopic (exact) mass is 382 g/mol. The van der Waals surface area contributed by atoms with E-state index in [1.54, 1.807) is 29.6 Å². The SMILES string of the molecule is COC(=O)c1ccc(COC(=O)c2csc(NCc3ccccc3)n2)cc1. The van der Waals surface area contributed by atoms with Crippen LogP contribution in [0.4, 0.5) is 5.13 Å². The molecule has 0 saturated heterocycles. The van der Waals surface area contributed by atoms with E-state index >= 15 is 0 Å². The van der Waals surface area contributed by atoms with Crippen molar-refractivity contribution in [1.29, 1.82) is 0 Å². The fourth-order valence-corrected chi connectivity index (χ4v) is 2.98. The zero-order valence-corrected chi connectivity index (χ0v) is 15.5. The van der Waals surface area contributed by atoms with E-state index in [0.29, 0.717) is 17.2 Å². The number of anilines is 1. The molecule has 0 aliphatic rings. The largest absolute Gasteiger partial charge is 0.465 e. The minimum absolute atomic E-state index is 0.102. The van der Waals surface area contributed by atoms with Gasteiger partial charge in [0.1, 0.15) is 6.61 Å². The predicted octanol–water partition coefficient (Wildman–Crippen LogP) is 3.90. The first kappa shape index (κ1) is 18.6. The maximum atomic E-state index is 12.1. The number of nitrogens with zero attached hydrogens (tertiary/aromatic N) is 1. The Kier molecular flexibility index (Phi) is 6.17. The van der Waals surface area contributed by atoms with Crippen LogP contribution >= 0.6 is 11.3 Å². The first-order valence-corrected chi connectivity index (χ1v) is 9.11. The van der Waals surface area contributed by atoms with Crippen LogP contribution < -0.4 is 5.32 Å². The van der Waals surface area contributed by atoms with Crippen molar-refractivity contribution in [3.05, 3.63) is 82.4 Å². The highest BCUT2D eigenvalue weighted by molar-refractivity contribution is 7.13. The summed E-state index contributed by atoms with van der Waals surface area (Å²) in [5, 5.41) is 5.51. The Morgan fingerprint density at radius 1 is 1.00 bits per heavy atom. The van der Waals surface area contributed by atoms with Crippen molar-refractivity contribution in [2.45, 2.75) is 13.2 Å². The summed E-state index contributed by atoms with van der Waals surface area (Å²) in [5.41, 5.74) is 2.61.